The summed E-state index contributed by atoms with van der Waals surface area (Å²) in [5, 5.41) is 5.09. The van der Waals surface area contributed by atoms with Crippen LogP contribution in [-0.2, 0) is 13.0 Å². The molecule has 0 amide bonds. The Balaban J connectivity index is 2.20. The van der Waals surface area contributed by atoms with Gasteiger partial charge in [-0.2, -0.15) is 5.10 Å². The molecule has 0 aliphatic heterocycles. The zero-order chi connectivity index (χ0) is 13.7. The second-order valence-corrected chi connectivity index (χ2v) is 4.90. The first-order valence-electron chi connectivity index (χ1n) is 6.47. The average Bonchev–Trinajstić information content (AvgIpc) is 2.86. The summed E-state index contributed by atoms with van der Waals surface area (Å²) in [6, 6.07) is 9.84. The molecule has 19 heavy (non-hydrogen) atoms. The van der Waals surface area contributed by atoms with E-state index in [1.165, 1.54) is 0 Å². The molecule has 1 unspecified atom stereocenters. The lowest BCUT2D eigenvalue weighted by Gasteiger charge is -2.18. The van der Waals surface area contributed by atoms with Gasteiger partial charge < -0.3 is 0 Å². The molecule has 102 valence electrons. The summed E-state index contributed by atoms with van der Waals surface area (Å²) in [5.41, 5.74) is 5.03. The van der Waals surface area contributed by atoms with Crippen LogP contribution in [0, 0.1) is 0 Å². The SMILES string of the molecule is CCCn1nccc1C(Cc1ccccc1Cl)NN. The predicted molar refractivity (Wildman–Crippen MR) is 77.7 cm³/mol. The van der Waals surface area contributed by atoms with Crippen molar-refractivity contribution in [1.82, 2.24) is 15.2 Å². The lowest BCUT2D eigenvalue weighted by Crippen LogP contribution is -2.31. The van der Waals surface area contributed by atoms with Gasteiger partial charge in [-0.25, -0.2) is 0 Å². The summed E-state index contributed by atoms with van der Waals surface area (Å²) in [5.74, 6) is 5.69. The smallest absolute Gasteiger partial charge is 0.0669 e. The fraction of sp³-hybridized carbons (Fsp3) is 0.357. The van der Waals surface area contributed by atoms with Crippen molar-refractivity contribution in [1.29, 1.82) is 0 Å². The van der Waals surface area contributed by atoms with Crippen molar-refractivity contribution in [3.63, 3.8) is 0 Å². The van der Waals surface area contributed by atoms with E-state index in [0.717, 1.165) is 35.7 Å². The molecule has 2 rings (SSSR count). The van der Waals surface area contributed by atoms with Gasteiger partial charge in [0.25, 0.3) is 0 Å². The molecular weight excluding hydrogens is 260 g/mol. The van der Waals surface area contributed by atoms with Crippen LogP contribution in [0.25, 0.3) is 0 Å². The van der Waals surface area contributed by atoms with Crippen molar-refractivity contribution in [2.24, 2.45) is 5.84 Å². The highest BCUT2D eigenvalue weighted by Gasteiger charge is 2.16. The summed E-state index contributed by atoms with van der Waals surface area (Å²) in [6.45, 7) is 3.02. The summed E-state index contributed by atoms with van der Waals surface area (Å²) < 4.78 is 1.99. The van der Waals surface area contributed by atoms with Crippen LogP contribution in [0.5, 0.6) is 0 Å². The van der Waals surface area contributed by atoms with Gasteiger partial charge in [0.05, 0.1) is 11.7 Å². The number of halogens is 1. The largest absolute Gasteiger partial charge is 0.271 e. The van der Waals surface area contributed by atoms with E-state index < -0.39 is 0 Å². The van der Waals surface area contributed by atoms with E-state index in [9.17, 15) is 0 Å². The molecule has 0 saturated heterocycles. The van der Waals surface area contributed by atoms with Crippen LogP contribution < -0.4 is 11.3 Å². The molecule has 0 bridgehead atoms. The number of nitrogens with one attached hydrogen (secondary N) is 1. The number of nitrogens with two attached hydrogens (primary N) is 1. The van der Waals surface area contributed by atoms with Gasteiger partial charge in [-0.05, 0) is 30.5 Å². The maximum absolute atomic E-state index is 6.20. The van der Waals surface area contributed by atoms with E-state index >= 15 is 0 Å². The van der Waals surface area contributed by atoms with E-state index in [1.807, 2.05) is 41.2 Å². The molecule has 5 heteroatoms. The molecule has 0 radical (unpaired) electrons. The number of hydrogen-bond donors (Lipinski definition) is 2. The molecule has 0 aliphatic rings. The van der Waals surface area contributed by atoms with Gasteiger partial charge in [-0.15, -0.1) is 0 Å². The third-order valence-corrected chi connectivity index (χ3v) is 3.49. The van der Waals surface area contributed by atoms with Crippen molar-refractivity contribution in [2.45, 2.75) is 32.4 Å². The Labute approximate surface area is 118 Å². The normalized spacial score (nSPS) is 12.6. The lowest BCUT2D eigenvalue weighted by molar-refractivity contribution is 0.478. The van der Waals surface area contributed by atoms with E-state index in [-0.39, 0.29) is 6.04 Å². The van der Waals surface area contributed by atoms with Crippen molar-refractivity contribution < 1.29 is 0 Å². The van der Waals surface area contributed by atoms with Gasteiger partial charge in [-0.3, -0.25) is 16.0 Å². The standard InChI is InChI=1S/C14H19ClN4/c1-2-9-19-14(7-8-17-19)13(18-16)10-11-5-3-4-6-12(11)15/h3-8,13,18H,2,9-10,16H2,1H3. The van der Waals surface area contributed by atoms with Gasteiger partial charge in [0.2, 0.25) is 0 Å². The molecule has 1 aromatic carbocycles. The zero-order valence-corrected chi connectivity index (χ0v) is 11.8. The number of aromatic nitrogens is 2. The molecule has 2 aromatic rings. The lowest BCUT2D eigenvalue weighted by atomic mass is 10.0. The Bertz CT molecular complexity index is 524. The molecule has 4 nitrogen and oxygen atoms in total. The Hall–Kier alpha value is -1.36. The molecule has 0 saturated carbocycles. The first-order chi connectivity index (χ1) is 9.26. The maximum atomic E-state index is 6.20. The molecular formula is C14H19ClN4. The van der Waals surface area contributed by atoms with E-state index in [1.54, 1.807) is 0 Å². The van der Waals surface area contributed by atoms with Crippen molar-refractivity contribution in [2.75, 3.05) is 0 Å². The Morgan fingerprint density at radius 3 is 2.84 bits per heavy atom. The van der Waals surface area contributed by atoms with Crippen LogP contribution in [0.3, 0.4) is 0 Å². The summed E-state index contributed by atoms with van der Waals surface area (Å²) in [6.07, 6.45) is 3.59. The molecule has 3 N–H and O–H groups in total. The number of hydrazine groups is 1. The van der Waals surface area contributed by atoms with Crippen LogP contribution in [0.2, 0.25) is 5.02 Å². The Morgan fingerprint density at radius 2 is 2.16 bits per heavy atom. The fourth-order valence-electron chi connectivity index (χ4n) is 2.17. The summed E-state index contributed by atoms with van der Waals surface area (Å²) in [4.78, 5) is 0. The minimum Gasteiger partial charge on any atom is -0.271 e. The van der Waals surface area contributed by atoms with Crippen LogP contribution in [0.4, 0.5) is 0 Å². The molecule has 0 aliphatic carbocycles. The highest BCUT2D eigenvalue weighted by molar-refractivity contribution is 6.31. The predicted octanol–water partition coefficient (Wildman–Crippen LogP) is 2.69. The van der Waals surface area contributed by atoms with Crippen LogP contribution in [0.1, 0.15) is 30.6 Å². The number of nitrogens with zero attached hydrogens (tertiary/aromatic N) is 2. The average molecular weight is 279 g/mol. The number of hydrogen-bond acceptors (Lipinski definition) is 3. The van der Waals surface area contributed by atoms with Gasteiger partial charge in [-0.1, -0.05) is 36.7 Å². The second-order valence-electron chi connectivity index (χ2n) is 4.49. The second kappa shape index (κ2) is 6.70. The van der Waals surface area contributed by atoms with Gasteiger partial charge in [0.15, 0.2) is 0 Å². The highest BCUT2D eigenvalue weighted by Crippen LogP contribution is 2.23. The van der Waals surface area contributed by atoms with Crippen molar-refractivity contribution in [3.05, 3.63) is 52.8 Å². The van der Waals surface area contributed by atoms with Gasteiger partial charge in [0.1, 0.15) is 0 Å². The van der Waals surface area contributed by atoms with Crippen molar-refractivity contribution >= 4 is 11.6 Å². The quantitative estimate of drug-likeness (QED) is 0.631. The summed E-state index contributed by atoms with van der Waals surface area (Å²) in [7, 11) is 0. The van der Waals surface area contributed by atoms with E-state index in [2.05, 4.69) is 17.4 Å². The topological polar surface area (TPSA) is 55.9 Å². The van der Waals surface area contributed by atoms with Crippen LogP contribution >= 0.6 is 11.6 Å². The number of aryl methyl sites for hydroxylation is 1. The molecule has 1 atom stereocenters. The van der Waals surface area contributed by atoms with Gasteiger partial charge >= 0.3 is 0 Å². The zero-order valence-electron chi connectivity index (χ0n) is 11.0. The summed E-state index contributed by atoms with van der Waals surface area (Å²) >= 11 is 6.20. The minimum atomic E-state index is 0.00829. The Morgan fingerprint density at radius 1 is 1.37 bits per heavy atom. The fourth-order valence-corrected chi connectivity index (χ4v) is 2.38. The Kier molecular flexibility index (Phi) is 4.96. The van der Waals surface area contributed by atoms with E-state index in [4.69, 9.17) is 17.4 Å². The highest BCUT2D eigenvalue weighted by atomic mass is 35.5. The third kappa shape index (κ3) is 3.35. The molecule has 1 aromatic heterocycles. The van der Waals surface area contributed by atoms with Gasteiger partial charge in [0, 0.05) is 17.8 Å². The van der Waals surface area contributed by atoms with Crippen LogP contribution in [-0.4, -0.2) is 9.78 Å². The molecule has 0 fully saturated rings. The van der Waals surface area contributed by atoms with Crippen molar-refractivity contribution in [3.8, 4) is 0 Å². The minimum absolute atomic E-state index is 0.00829. The molecule has 0 spiro atoms. The van der Waals surface area contributed by atoms with Crippen LogP contribution in [0.15, 0.2) is 36.5 Å². The number of rotatable bonds is 6. The number of benzene rings is 1. The molecule has 1 heterocycles. The first-order valence-corrected chi connectivity index (χ1v) is 6.85. The monoisotopic (exact) mass is 278 g/mol. The maximum Gasteiger partial charge on any atom is 0.0669 e. The first kappa shape index (κ1) is 14.1. The third-order valence-electron chi connectivity index (χ3n) is 3.12. The van der Waals surface area contributed by atoms with E-state index in [0.29, 0.717) is 0 Å².